The van der Waals surface area contributed by atoms with Crippen LogP contribution < -0.4 is 5.32 Å². The van der Waals surface area contributed by atoms with Gasteiger partial charge in [-0.1, -0.05) is 18.2 Å². The molecule has 1 fully saturated rings. The lowest BCUT2D eigenvalue weighted by atomic mass is 9.99. The lowest BCUT2D eigenvalue weighted by Gasteiger charge is -2.30. The summed E-state index contributed by atoms with van der Waals surface area (Å²) < 4.78 is 39.9. The summed E-state index contributed by atoms with van der Waals surface area (Å²) in [5.41, 5.74) is 0.942. The fourth-order valence-corrected chi connectivity index (χ4v) is 5.71. The number of rotatable bonds is 6. The average Bonchev–Trinajstić information content (AvgIpc) is 3.19. The molecular formula is C18H21FN2O3S2. The Kier molecular flexibility index (Phi) is 6.05. The van der Waals surface area contributed by atoms with Crippen molar-refractivity contribution < 1.29 is 17.6 Å². The van der Waals surface area contributed by atoms with E-state index in [9.17, 15) is 17.6 Å². The van der Waals surface area contributed by atoms with Gasteiger partial charge in [0.05, 0.1) is 5.92 Å². The van der Waals surface area contributed by atoms with E-state index < -0.39 is 10.0 Å². The molecule has 3 rings (SSSR count). The van der Waals surface area contributed by atoms with Crippen molar-refractivity contribution in [1.82, 2.24) is 9.62 Å². The summed E-state index contributed by atoms with van der Waals surface area (Å²) in [6, 6.07) is 9.47. The summed E-state index contributed by atoms with van der Waals surface area (Å²) in [5.74, 6) is -0.753. The molecule has 1 saturated heterocycles. The topological polar surface area (TPSA) is 66.5 Å². The Balaban J connectivity index is 1.54. The minimum absolute atomic E-state index is 0.127. The van der Waals surface area contributed by atoms with Crippen LogP contribution in [-0.2, 0) is 21.2 Å². The van der Waals surface area contributed by atoms with Crippen molar-refractivity contribution in [2.24, 2.45) is 5.92 Å². The number of thiophene rings is 1. The van der Waals surface area contributed by atoms with E-state index in [0.29, 0.717) is 36.6 Å². The Morgan fingerprint density at radius 1 is 1.27 bits per heavy atom. The fourth-order valence-electron chi connectivity index (χ4n) is 3.04. The summed E-state index contributed by atoms with van der Waals surface area (Å²) in [6.45, 7) is 1.10. The molecule has 1 aliphatic rings. The Morgan fingerprint density at radius 2 is 2.04 bits per heavy atom. The molecule has 2 aromatic rings. The predicted octanol–water partition coefficient (Wildman–Crippen LogP) is 2.65. The highest BCUT2D eigenvalue weighted by atomic mass is 32.2. The van der Waals surface area contributed by atoms with E-state index in [1.807, 2.05) is 0 Å². The van der Waals surface area contributed by atoms with Crippen LogP contribution in [0, 0.1) is 11.7 Å². The zero-order chi connectivity index (χ0) is 18.6. The van der Waals surface area contributed by atoms with Gasteiger partial charge in [0.1, 0.15) is 10.0 Å². The maximum absolute atomic E-state index is 12.9. The molecule has 1 atom stereocenters. The van der Waals surface area contributed by atoms with E-state index >= 15 is 0 Å². The minimum Gasteiger partial charge on any atom is -0.355 e. The van der Waals surface area contributed by atoms with Crippen LogP contribution in [0.2, 0.25) is 0 Å². The van der Waals surface area contributed by atoms with E-state index in [0.717, 1.165) is 5.56 Å². The van der Waals surface area contributed by atoms with Crippen molar-refractivity contribution in [2.45, 2.75) is 23.5 Å². The highest BCUT2D eigenvalue weighted by molar-refractivity contribution is 7.91. The van der Waals surface area contributed by atoms with Crippen molar-refractivity contribution in [3.63, 3.8) is 0 Å². The van der Waals surface area contributed by atoms with Gasteiger partial charge in [0, 0.05) is 19.6 Å². The quantitative estimate of drug-likeness (QED) is 0.816. The highest BCUT2D eigenvalue weighted by Crippen LogP contribution is 2.26. The summed E-state index contributed by atoms with van der Waals surface area (Å²) in [4.78, 5) is 12.4. The first-order chi connectivity index (χ1) is 12.5. The zero-order valence-corrected chi connectivity index (χ0v) is 15.9. The Bertz CT molecular complexity index is 836. The third kappa shape index (κ3) is 4.49. The number of amides is 1. The van der Waals surface area contributed by atoms with Gasteiger partial charge >= 0.3 is 0 Å². The second-order valence-electron chi connectivity index (χ2n) is 6.30. The lowest BCUT2D eigenvalue weighted by molar-refractivity contribution is -0.126. The molecule has 26 heavy (non-hydrogen) atoms. The van der Waals surface area contributed by atoms with Crippen molar-refractivity contribution in [2.75, 3.05) is 19.6 Å². The van der Waals surface area contributed by atoms with Crippen LogP contribution >= 0.6 is 11.3 Å². The molecule has 0 saturated carbocycles. The van der Waals surface area contributed by atoms with Gasteiger partial charge in [0.15, 0.2) is 0 Å². The molecule has 1 aromatic carbocycles. The van der Waals surface area contributed by atoms with Crippen molar-refractivity contribution >= 4 is 27.3 Å². The smallest absolute Gasteiger partial charge is 0.252 e. The number of hydrogen-bond acceptors (Lipinski definition) is 4. The molecule has 1 N–H and O–H groups in total. The summed E-state index contributed by atoms with van der Waals surface area (Å²) >= 11 is 1.19. The van der Waals surface area contributed by atoms with Crippen LogP contribution in [0.5, 0.6) is 0 Å². The largest absolute Gasteiger partial charge is 0.355 e. The molecule has 0 aliphatic carbocycles. The number of hydrogen-bond donors (Lipinski definition) is 1. The Morgan fingerprint density at radius 3 is 2.73 bits per heavy atom. The number of benzene rings is 1. The molecule has 0 bridgehead atoms. The zero-order valence-electron chi connectivity index (χ0n) is 14.2. The van der Waals surface area contributed by atoms with Gasteiger partial charge in [-0.2, -0.15) is 4.31 Å². The molecule has 2 heterocycles. The second kappa shape index (κ2) is 8.28. The van der Waals surface area contributed by atoms with Crippen molar-refractivity contribution in [3.8, 4) is 0 Å². The van der Waals surface area contributed by atoms with Crippen LogP contribution in [0.3, 0.4) is 0 Å². The number of sulfonamides is 1. The monoisotopic (exact) mass is 396 g/mol. The molecule has 1 aliphatic heterocycles. The number of nitrogens with zero attached hydrogens (tertiary/aromatic N) is 1. The first-order valence-electron chi connectivity index (χ1n) is 8.52. The third-order valence-electron chi connectivity index (χ3n) is 4.47. The first kappa shape index (κ1) is 19.0. The number of piperidine rings is 1. The molecule has 1 aromatic heterocycles. The van der Waals surface area contributed by atoms with Crippen LogP contribution in [0.25, 0.3) is 0 Å². The molecule has 0 unspecified atom stereocenters. The van der Waals surface area contributed by atoms with Gasteiger partial charge in [-0.3, -0.25) is 4.79 Å². The van der Waals surface area contributed by atoms with Gasteiger partial charge < -0.3 is 5.32 Å². The normalized spacial score (nSPS) is 18.6. The van der Waals surface area contributed by atoms with Gasteiger partial charge in [0.25, 0.3) is 10.0 Å². The highest BCUT2D eigenvalue weighted by Gasteiger charge is 2.33. The SMILES string of the molecule is O=C(NCCc1ccc(F)cc1)[C@@H]1CCCN(S(=O)(=O)c2cccs2)C1. The van der Waals surface area contributed by atoms with Crippen molar-refractivity contribution in [3.05, 3.63) is 53.2 Å². The van der Waals surface area contributed by atoms with Gasteiger partial charge in [-0.25, -0.2) is 12.8 Å². The maximum atomic E-state index is 12.9. The van der Waals surface area contributed by atoms with E-state index in [-0.39, 0.29) is 24.2 Å². The van der Waals surface area contributed by atoms with E-state index in [4.69, 9.17) is 0 Å². The van der Waals surface area contributed by atoms with Crippen LogP contribution in [0.1, 0.15) is 18.4 Å². The van der Waals surface area contributed by atoms with Gasteiger partial charge in [0.2, 0.25) is 5.91 Å². The fraction of sp³-hybridized carbons (Fsp3) is 0.389. The molecular weight excluding hydrogens is 375 g/mol. The van der Waals surface area contributed by atoms with E-state index in [1.165, 1.54) is 27.8 Å². The molecule has 1 amide bonds. The Labute approximate surface area is 156 Å². The van der Waals surface area contributed by atoms with Crippen LogP contribution in [0.15, 0.2) is 46.0 Å². The molecule has 5 nitrogen and oxygen atoms in total. The molecule has 8 heteroatoms. The van der Waals surface area contributed by atoms with Crippen LogP contribution in [0.4, 0.5) is 4.39 Å². The number of carbonyl (C=O) groups excluding carboxylic acids is 1. The summed E-state index contributed by atoms with van der Waals surface area (Å²) in [5, 5.41) is 4.60. The van der Waals surface area contributed by atoms with E-state index in [2.05, 4.69) is 5.32 Å². The first-order valence-corrected chi connectivity index (χ1v) is 10.8. The van der Waals surface area contributed by atoms with Gasteiger partial charge in [-0.05, 0) is 48.4 Å². The Hall–Kier alpha value is -1.77. The minimum atomic E-state index is -3.52. The maximum Gasteiger partial charge on any atom is 0.252 e. The van der Waals surface area contributed by atoms with Crippen molar-refractivity contribution in [1.29, 1.82) is 0 Å². The lowest BCUT2D eigenvalue weighted by Crippen LogP contribution is -2.45. The molecule has 0 radical (unpaired) electrons. The second-order valence-corrected chi connectivity index (χ2v) is 9.41. The predicted molar refractivity (Wildman–Crippen MR) is 98.9 cm³/mol. The third-order valence-corrected chi connectivity index (χ3v) is 7.71. The average molecular weight is 397 g/mol. The number of carbonyl (C=O) groups is 1. The van der Waals surface area contributed by atoms with Gasteiger partial charge in [-0.15, -0.1) is 11.3 Å². The summed E-state index contributed by atoms with van der Waals surface area (Å²) in [6.07, 6.45) is 1.95. The van der Waals surface area contributed by atoms with Crippen LogP contribution in [-0.4, -0.2) is 38.3 Å². The number of nitrogens with one attached hydrogen (secondary N) is 1. The number of halogens is 1. The van der Waals surface area contributed by atoms with E-state index in [1.54, 1.807) is 29.6 Å². The summed E-state index contributed by atoms with van der Waals surface area (Å²) in [7, 11) is -3.52. The molecule has 140 valence electrons. The molecule has 0 spiro atoms. The standard InChI is InChI=1S/C18H21FN2O3S2/c19-16-7-5-14(6-8-16)9-10-20-18(22)15-3-1-11-21(13-15)26(23,24)17-4-2-12-25-17/h2,4-8,12,15H,1,3,9-11,13H2,(H,20,22)/t15-/m1/s1.